The summed E-state index contributed by atoms with van der Waals surface area (Å²) >= 11 is 0. The number of aliphatic hydroxyl groups excluding tert-OH is 4. The number of benzene rings is 1. The molecule has 12 nitrogen and oxygen atoms in total. The Labute approximate surface area is 215 Å². The molecule has 1 fully saturated rings. The Balaban J connectivity index is 2.02. The number of carbonyl (C=O) groups is 3. The third kappa shape index (κ3) is 9.99. The van der Waals surface area contributed by atoms with Gasteiger partial charge in [0.1, 0.15) is 24.4 Å². The highest BCUT2D eigenvalue weighted by molar-refractivity contribution is 5.89. The highest BCUT2D eigenvalue weighted by Crippen LogP contribution is 2.24. The van der Waals surface area contributed by atoms with E-state index in [1.807, 2.05) is 30.3 Å². The zero-order chi connectivity index (χ0) is 27.5. The van der Waals surface area contributed by atoms with Crippen molar-refractivity contribution in [1.29, 1.82) is 0 Å². The number of carboxylic acid groups (broad SMARTS) is 1. The number of amides is 2. The molecule has 0 aromatic heterocycles. The van der Waals surface area contributed by atoms with Gasteiger partial charge in [0, 0.05) is 19.4 Å². The molecule has 1 aromatic carbocycles. The summed E-state index contributed by atoms with van der Waals surface area (Å²) in [6.07, 6.45) is -7.69. The number of rotatable bonds is 14. The number of hydrogen-bond donors (Lipinski definition) is 7. The molecule has 0 spiro atoms. The number of carboxylic acids is 1. The minimum absolute atomic E-state index is 0.0680. The van der Waals surface area contributed by atoms with E-state index in [9.17, 15) is 34.8 Å². The predicted molar refractivity (Wildman–Crippen MR) is 130 cm³/mol. The molecule has 2 rings (SSSR count). The van der Waals surface area contributed by atoms with Crippen LogP contribution in [0.5, 0.6) is 0 Å². The summed E-state index contributed by atoms with van der Waals surface area (Å²) in [5.74, 6) is -2.56. The quantitative estimate of drug-likeness (QED) is 0.153. The normalized spacial score (nSPS) is 26.1. The standard InChI is InChI=1S/C25H38N2O10/c1-14(28)21(27-19(29)8-9-20(30)31)25(35)26-13-17(36-11-10-16-6-4-3-5-7-16)12-18-23(33)24(34)22(32)15(2)37-18/h3-7,14-15,17-18,21-24,28,32-34H,8-13H2,1-2H3,(H,26,35)(H,27,29)(H,30,31)/t14-,15+,17?,18+,21+,22-,23-,24-/m1/s1. The summed E-state index contributed by atoms with van der Waals surface area (Å²) in [6, 6.07) is 8.24. The lowest BCUT2D eigenvalue weighted by Crippen LogP contribution is -2.58. The molecule has 1 aromatic rings. The first-order valence-corrected chi connectivity index (χ1v) is 12.3. The molecule has 8 atom stereocenters. The van der Waals surface area contributed by atoms with Gasteiger partial charge in [-0.3, -0.25) is 14.4 Å². The predicted octanol–water partition coefficient (Wildman–Crippen LogP) is -1.28. The average molecular weight is 527 g/mol. The monoisotopic (exact) mass is 526 g/mol. The lowest BCUT2D eigenvalue weighted by Gasteiger charge is -2.40. The molecular formula is C25H38N2O10. The summed E-state index contributed by atoms with van der Waals surface area (Å²) in [5, 5.41) is 54.2. The summed E-state index contributed by atoms with van der Waals surface area (Å²) < 4.78 is 11.6. The number of nitrogens with one attached hydrogen (secondary N) is 2. The van der Waals surface area contributed by atoms with E-state index in [-0.39, 0.29) is 26.0 Å². The topological polar surface area (TPSA) is 195 Å². The van der Waals surface area contributed by atoms with Gasteiger partial charge >= 0.3 is 5.97 Å². The zero-order valence-corrected chi connectivity index (χ0v) is 21.0. The maximum absolute atomic E-state index is 12.8. The third-order valence-electron chi connectivity index (χ3n) is 6.18. The molecule has 37 heavy (non-hydrogen) atoms. The minimum Gasteiger partial charge on any atom is -0.481 e. The molecule has 1 heterocycles. The van der Waals surface area contributed by atoms with Gasteiger partial charge in [-0.2, -0.15) is 0 Å². The maximum atomic E-state index is 12.8. The molecule has 0 aliphatic carbocycles. The second kappa shape index (κ2) is 15.0. The molecule has 0 radical (unpaired) electrons. The van der Waals surface area contributed by atoms with Gasteiger partial charge in [0.05, 0.1) is 37.4 Å². The van der Waals surface area contributed by atoms with Crippen molar-refractivity contribution in [3.63, 3.8) is 0 Å². The van der Waals surface area contributed by atoms with E-state index in [1.54, 1.807) is 6.92 Å². The van der Waals surface area contributed by atoms with Crippen molar-refractivity contribution >= 4 is 17.8 Å². The SMILES string of the molecule is C[C@@H]1O[C@@H](CC(CNC(=O)[C@@H](NC(=O)CCC(=O)O)[C@@H](C)O)OCCc2ccccc2)[C@@H](O)[C@H](O)[C@@H]1O. The number of carbonyl (C=O) groups excluding carboxylic acids is 2. The molecule has 2 amide bonds. The fourth-order valence-electron chi connectivity index (χ4n) is 3.98. The van der Waals surface area contributed by atoms with Gasteiger partial charge < -0.3 is 45.6 Å². The van der Waals surface area contributed by atoms with Gasteiger partial charge in [-0.25, -0.2) is 0 Å². The molecule has 12 heteroatoms. The smallest absolute Gasteiger partial charge is 0.303 e. The molecule has 208 valence electrons. The number of aliphatic carboxylic acids is 1. The Hall–Kier alpha value is -2.61. The van der Waals surface area contributed by atoms with Gasteiger partial charge in [-0.05, 0) is 25.8 Å². The van der Waals surface area contributed by atoms with Gasteiger partial charge in [0.15, 0.2) is 0 Å². The van der Waals surface area contributed by atoms with Crippen LogP contribution in [0.2, 0.25) is 0 Å². The van der Waals surface area contributed by atoms with Crippen LogP contribution in [0.4, 0.5) is 0 Å². The molecule has 1 aliphatic heterocycles. The van der Waals surface area contributed by atoms with Crippen LogP contribution in [-0.4, -0.2) is 105 Å². The fraction of sp³-hybridized carbons (Fsp3) is 0.640. The Morgan fingerprint density at radius 1 is 1.05 bits per heavy atom. The number of ether oxygens (including phenoxy) is 2. The number of aliphatic hydroxyl groups is 4. The Bertz CT molecular complexity index is 868. The average Bonchev–Trinajstić information content (AvgIpc) is 2.86. The molecule has 1 unspecified atom stereocenters. The molecular weight excluding hydrogens is 488 g/mol. The van der Waals surface area contributed by atoms with E-state index >= 15 is 0 Å². The molecule has 7 N–H and O–H groups in total. The Morgan fingerprint density at radius 2 is 1.73 bits per heavy atom. The second-order valence-electron chi connectivity index (χ2n) is 9.24. The van der Waals surface area contributed by atoms with Gasteiger partial charge in [-0.1, -0.05) is 30.3 Å². The Morgan fingerprint density at radius 3 is 2.35 bits per heavy atom. The van der Waals surface area contributed by atoms with Crippen LogP contribution in [0.25, 0.3) is 0 Å². The van der Waals surface area contributed by atoms with Crippen molar-refractivity contribution < 1.29 is 49.4 Å². The van der Waals surface area contributed by atoms with Crippen LogP contribution in [-0.2, 0) is 30.3 Å². The van der Waals surface area contributed by atoms with Gasteiger partial charge in [-0.15, -0.1) is 0 Å². The third-order valence-corrected chi connectivity index (χ3v) is 6.18. The van der Waals surface area contributed by atoms with E-state index < -0.39 is 73.0 Å². The van der Waals surface area contributed by atoms with Crippen LogP contribution in [0, 0.1) is 0 Å². The highest BCUT2D eigenvalue weighted by atomic mass is 16.5. The van der Waals surface area contributed by atoms with E-state index in [4.69, 9.17) is 14.6 Å². The maximum Gasteiger partial charge on any atom is 0.303 e. The van der Waals surface area contributed by atoms with Crippen LogP contribution < -0.4 is 10.6 Å². The summed E-state index contributed by atoms with van der Waals surface area (Å²) in [6.45, 7) is 3.09. The van der Waals surface area contributed by atoms with Gasteiger partial charge in [0.2, 0.25) is 11.8 Å². The van der Waals surface area contributed by atoms with E-state index in [0.717, 1.165) is 5.56 Å². The number of hydrogen-bond acceptors (Lipinski definition) is 9. The molecule has 0 bridgehead atoms. The Kier molecular flexibility index (Phi) is 12.4. The van der Waals surface area contributed by atoms with Crippen molar-refractivity contribution in [2.75, 3.05) is 13.2 Å². The largest absolute Gasteiger partial charge is 0.481 e. The summed E-state index contributed by atoms with van der Waals surface area (Å²) in [4.78, 5) is 35.4. The first-order valence-electron chi connectivity index (χ1n) is 12.3. The van der Waals surface area contributed by atoms with E-state index in [0.29, 0.717) is 6.42 Å². The van der Waals surface area contributed by atoms with E-state index in [2.05, 4.69) is 10.6 Å². The van der Waals surface area contributed by atoms with Crippen LogP contribution in [0.15, 0.2) is 30.3 Å². The summed E-state index contributed by atoms with van der Waals surface area (Å²) in [5.41, 5.74) is 1.03. The van der Waals surface area contributed by atoms with Crippen LogP contribution in [0.1, 0.15) is 38.7 Å². The minimum atomic E-state index is -1.41. The van der Waals surface area contributed by atoms with Crippen LogP contribution >= 0.6 is 0 Å². The van der Waals surface area contributed by atoms with Crippen molar-refractivity contribution in [3.8, 4) is 0 Å². The first kappa shape index (κ1) is 30.6. The van der Waals surface area contributed by atoms with Crippen molar-refractivity contribution in [1.82, 2.24) is 10.6 Å². The lowest BCUT2D eigenvalue weighted by atomic mass is 9.92. The molecule has 0 saturated carbocycles. The molecule has 1 saturated heterocycles. The van der Waals surface area contributed by atoms with Crippen molar-refractivity contribution in [2.24, 2.45) is 0 Å². The second-order valence-corrected chi connectivity index (χ2v) is 9.24. The van der Waals surface area contributed by atoms with Crippen molar-refractivity contribution in [3.05, 3.63) is 35.9 Å². The van der Waals surface area contributed by atoms with Gasteiger partial charge in [0.25, 0.3) is 0 Å². The highest BCUT2D eigenvalue weighted by Gasteiger charge is 2.42. The molecule has 1 aliphatic rings. The summed E-state index contributed by atoms with van der Waals surface area (Å²) in [7, 11) is 0. The van der Waals surface area contributed by atoms with E-state index in [1.165, 1.54) is 6.92 Å². The van der Waals surface area contributed by atoms with Crippen molar-refractivity contribution in [2.45, 2.75) is 88.3 Å². The van der Waals surface area contributed by atoms with Crippen LogP contribution in [0.3, 0.4) is 0 Å². The zero-order valence-electron chi connectivity index (χ0n) is 21.0. The fourth-order valence-corrected chi connectivity index (χ4v) is 3.98. The first-order chi connectivity index (χ1) is 17.5. The lowest BCUT2D eigenvalue weighted by molar-refractivity contribution is -0.223.